The molecule has 0 aromatic heterocycles. The molecule has 1 saturated heterocycles. The van der Waals surface area contributed by atoms with Crippen molar-refractivity contribution in [1.29, 1.82) is 0 Å². The van der Waals surface area contributed by atoms with Crippen LogP contribution in [0.5, 0.6) is 0 Å². The summed E-state index contributed by atoms with van der Waals surface area (Å²) in [4.78, 5) is 23.1. The van der Waals surface area contributed by atoms with Crippen LogP contribution in [0.4, 0.5) is 0 Å². The Morgan fingerprint density at radius 1 is 1.62 bits per heavy atom. The van der Waals surface area contributed by atoms with Crippen LogP contribution in [0.2, 0.25) is 0 Å². The number of hydrogen-bond donors (Lipinski definition) is 1. The summed E-state index contributed by atoms with van der Waals surface area (Å²) < 4.78 is 5.11. The lowest BCUT2D eigenvalue weighted by Gasteiger charge is -2.33. The van der Waals surface area contributed by atoms with Gasteiger partial charge >= 0.3 is 5.97 Å². The van der Waals surface area contributed by atoms with Crippen LogP contribution >= 0.6 is 0 Å². The molecule has 0 aromatic rings. The van der Waals surface area contributed by atoms with Gasteiger partial charge in [-0.3, -0.25) is 9.59 Å². The monoisotopic (exact) mass is 187 g/mol. The Morgan fingerprint density at radius 3 is 2.85 bits per heavy atom. The maximum absolute atomic E-state index is 11.1. The Balaban J connectivity index is 2.56. The zero-order valence-electron chi connectivity index (χ0n) is 7.52. The molecule has 74 valence electrons. The maximum Gasteiger partial charge on any atom is 0.305 e. The largest absolute Gasteiger partial charge is 0.481 e. The van der Waals surface area contributed by atoms with E-state index in [0.717, 1.165) is 0 Å². The van der Waals surface area contributed by atoms with Crippen LogP contribution in [-0.4, -0.2) is 47.7 Å². The Bertz CT molecular complexity index is 216. The topological polar surface area (TPSA) is 66.8 Å². The third kappa shape index (κ3) is 2.69. The van der Waals surface area contributed by atoms with E-state index in [0.29, 0.717) is 19.8 Å². The second-order valence-electron chi connectivity index (χ2n) is 3.04. The van der Waals surface area contributed by atoms with Gasteiger partial charge < -0.3 is 14.7 Å². The van der Waals surface area contributed by atoms with Gasteiger partial charge in [0.25, 0.3) is 0 Å². The molecule has 1 unspecified atom stereocenters. The number of nitrogens with zero attached hydrogens (tertiary/aromatic N) is 1. The predicted molar refractivity (Wildman–Crippen MR) is 44.2 cm³/mol. The Morgan fingerprint density at radius 2 is 2.31 bits per heavy atom. The van der Waals surface area contributed by atoms with Gasteiger partial charge in [-0.15, -0.1) is 0 Å². The molecule has 0 aliphatic carbocycles. The standard InChI is InChI=1S/C8H13NO4/c1-6(10)9-2-3-13-5-7(9)4-8(11)12/h7H,2-5H2,1H3,(H,11,12). The van der Waals surface area contributed by atoms with Crippen molar-refractivity contribution in [3.8, 4) is 0 Å². The van der Waals surface area contributed by atoms with Gasteiger partial charge in [-0.1, -0.05) is 0 Å². The van der Waals surface area contributed by atoms with Gasteiger partial charge in [0.05, 0.1) is 25.7 Å². The van der Waals surface area contributed by atoms with Crippen molar-refractivity contribution >= 4 is 11.9 Å². The van der Waals surface area contributed by atoms with Crippen molar-refractivity contribution in [2.45, 2.75) is 19.4 Å². The number of carboxylic acid groups (broad SMARTS) is 1. The molecule has 5 heteroatoms. The number of amides is 1. The summed E-state index contributed by atoms with van der Waals surface area (Å²) in [5.74, 6) is -0.990. The lowest BCUT2D eigenvalue weighted by atomic mass is 10.1. The van der Waals surface area contributed by atoms with Crippen LogP contribution in [0.25, 0.3) is 0 Å². The Kier molecular flexibility index (Phi) is 3.25. The molecular formula is C8H13NO4. The van der Waals surface area contributed by atoms with Crippen molar-refractivity contribution < 1.29 is 19.4 Å². The molecular weight excluding hydrogens is 174 g/mol. The molecule has 0 bridgehead atoms. The molecule has 13 heavy (non-hydrogen) atoms. The van der Waals surface area contributed by atoms with Crippen molar-refractivity contribution in [2.75, 3.05) is 19.8 Å². The normalized spacial score (nSPS) is 22.8. The molecule has 1 fully saturated rings. The van der Waals surface area contributed by atoms with E-state index in [4.69, 9.17) is 9.84 Å². The summed E-state index contributed by atoms with van der Waals surface area (Å²) in [6, 6.07) is -0.302. The molecule has 1 atom stereocenters. The van der Waals surface area contributed by atoms with Gasteiger partial charge in [-0.2, -0.15) is 0 Å². The highest BCUT2D eigenvalue weighted by atomic mass is 16.5. The number of morpholine rings is 1. The molecule has 1 heterocycles. The third-order valence-corrected chi connectivity index (χ3v) is 2.04. The first-order valence-corrected chi connectivity index (χ1v) is 4.18. The highest BCUT2D eigenvalue weighted by molar-refractivity contribution is 5.75. The van der Waals surface area contributed by atoms with E-state index < -0.39 is 5.97 Å². The van der Waals surface area contributed by atoms with Crippen LogP contribution in [0.15, 0.2) is 0 Å². The fourth-order valence-electron chi connectivity index (χ4n) is 1.44. The summed E-state index contributed by atoms with van der Waals surface area (Å²) in [7, 11) is 0. The molecule has 1 amide bonds. The highest BCUT2D eigenvalue weighted by Gasteiger charge is 2.26. The fourth-order valence-corrected chi connectivity index (χ4v) is 1.44. The van der Waals surface area contributed by atoms with Crippen molar-refractivity contribution in [3.63, 3.8) is 0 Å². The molecule has 1 N–H and O–H groups in total. The van der Waals surface area contributed by atoms with E-state index in [2.05, 4.69) is 0 Å². The molecule has 0 spiro atoms. The van der Waals surface area contributed by atoms with Crippen LogP contribution < -0.4 is 0 Å². The number of aliphatic carboxylic acids is 1. The zero-order valence-corrected chi connectivity index (χ0v) is 7.52. The summed E-state index contributed by atoms with van der Waals surface area (Å²) >= 11 is 0. The highest BCUT2D eigenvalue weighted by Crippen LogP contribution is 2.10. The lowest BCUT2D eigenvalue weighted by Crippen LogP contribution is -2.48. The molecule has 0 aromatic carbocycles. The number of carboxylic acids is 1. The second-order valence-corrected chi connectivity index (χ2v) is 3.04. The first-order valence-electron chi connectivity index (χ1n) is 4.18. The predicted octanol–water partition coefficient (Wildman–Crippen LogP) is -0.292. The summed E-state index contributed by atoms with van der Waals surface area (Å²) in [5, 5.41) is 8.57. The molecule has 1 aliphatic rings. The van der Waals surface area contributed by atoms with E-state index in [1.54, 1.807) is 4.90 Å². The molecule has 0 saturated carbocycles. The van der Waals surface area contributed by atoms with E-state index in [1.165, 1.54) is 6.92 Å². The first-order chi connectivity index (χ1) is 6.11. The maximum atomic E-state index is 11.1. The van der Waals surface area contributed by atoms with Gasteiger partial charge in [-0.05, 0) is 0 Å². The van der Waals surface area contributed by atoms with Gasteiger partial charge in [0.15, 0.2) is 0 Å². The number of ether oxygens (including phenoxy) is 1. The lowest BCUT2D eigenvalue weighted by molar-refractivity contribution is -0.145. The minimum absolute atomic E-state index is 0.0421. The summed E-state index contributed by atoms with van der Waals surface area (Å²) in [6.07, 6.45) is -0.0421. The van der Waals surface area contributed by atoms with Crippen LogP contribution in [-0.2, 0) is 14.3 Å². The van der Waals surface area contributed by atoms with Gasteiger partial charge in [-0.25, -0.2) is 0 Å². The van der Waals surface area contributed by atoms with E-state index in [9.17, 15) is 9.59 Å². The van der Waals surface area contributed by atoms with Crippen molar-refractivity contribution in [3.05, 3.63) is 0 Å². The summed E-state index contributed by atoms with van der Waals surface area (Å²) in [6.45, 7) is 2.76. The molecule has 1 aliphatic heterocycles. The SMILES string of the molecule is CC(=O)N1CCOCC1CC(=O)O. The summed E-state index contributed by atoms with van der Waals surface area (Å²) in [5.41, 5.74) is 0. The number of rotatable bonds is 2. The number of carbonyl (C=O) groups excluding carboxylic acids is 1. The minimum Gasteiger partial charge on any atom is -0.481 e. The van der Waals surface area contributed by atoms with Gasteiger partial charge in [0.2, 0.25) is 5.91 Å². The second kappa shape index (κ2) is 4.23. The molecule has 1 rings (SSSR count). The zero-order chi connectivity index (χ0) is 9.84. The van der Waals surface area contributed by atoms with Gasteiger partial charge in [0.1, 0.15) is 0 Å². The number of hydrogen-bond acceptors (Lipinski definition) is 3. The number of carbonyl (C=O) groups is 2. The molecule has 5 nitrogen and oxygen atoms in total. The average Bonchev–Trinajstić information content (AvgIpc) is 2.03. The molecule has 0 radical (unpaired) electrons. The van der Waals surface area contributed by atoms with E-state index in [-0.39, 0.29) is 18.4 Å². The Labute approximate surface area is 76.3 Å². The van der Waals surface area contributed by atoms with Gasteiger partial charge in [0, 0.05) is 13.5 Å². The fraction of sp³-hybridized carbons (Fsp3) is 0.750. The van der Waals surface area contributed by atoms with Crippen LogP contribution in [0.1, 0.15) is 13.3 Å². The van der Waals surface area contributed by atoms with Crippen molar-refractivity contribution in [2.24, 2.45) is 0 Å². The third-order valence-electron chi connectivity index (χ3n) is 2.04. The van der Waals surface area contributed by atoms with Crippen LogP contribution in [0, 0.1) is 0 Å². The van der Waals surface area contributed by atoms with E-state index >= 15 is 0 Å². The minimum atomic E-state index is -0.901. The van der Waals surface area contributed by atoms with Crippen molar-refractivity contribution in [1.82, 2.24) is 4.90 Å². The first kappa shape index (κ1) is 9.98. The van der Waals surface area contributed by atoms with E-state index in [1.807, 2.05) is 0 Å². The smallest absolute Gasteiger partial charge is 0.305 e. The Hall–Kier alpha value is -1.10. The average molecular weight is 187 g/mol. The quantitative estimate of drug-likeness (QED) is 0.645. The van der Waals surface area contributed by atoms with Crippen LogP contribution in [0.3, 0.4) is 0 Å².